The highest BCUT2D eigenvalue weighted by Gasteiger charge is 2.42. The molecule has 282 valence electrons. The SMILES string of the molecule is CCCCC1(CCCC)CN(c2ccccc2)c2cc(SC)c(OCC(=O)NC(C(=O)N[C@@H](C(=O)O)[C@H](C)O)c3ccc(O)cc3)cc2S(=O)(=O)C1. The molecule has 12 nitrogen and oxygen atoms in total. The number of amides is 2. The normalized spacial score (nSPS) is 16.4. The fourth-order valence-electron chi connectivity index (χ4n) is 6.52. The van der Waals surface area contributed by atoms with E-state index >= 15 is 0 Å². The van der Waals surface area contributed by atoms with Gasteiger partial charge in [-0.15, -0.1) is 11.8 Å². The molecule has 2 amide bonds. The summed E-state index contributed by atoms with van der Waals surface area (Å²) in [6, 6.07) is 15.3. The molecule has 0 saturated heterocycles. The molecule has 4 rings (SSSR count). The number of nitrogens with one attached hydrogen (secondary N) is 2. The summed E-state index contributed by atoms with van der Waals surface area (Å²) in [5.41, 5.74) is 1.15. The quantitative estimate of drug-likeness (QED) is 0.108. The van der Waals surface area contributed by atoms with Crippen LogP contribution in [0.2, 0.25) is 0 Å². The molecule has 1 heterocycles. The monoisotopic (exact) mass is 755 g/mol. The lowest BCUT2D eigenvalue weighted by molar-refractivity contribution is -0.145. The Morgan fingerprint density at radius 1 is 0.981 bits per heavy atom. The zero-order valence-electron chi connectivity index (χ0n) is 30.0. The number of aliphatic carboxylic acids is 1. The number of benzene rings is 3. The van der Waals surface area contributed by atoms with Gasteiger partial charge >= 0.3 is 5.97 Å². The first-order valence-corrected chi connectivity index (χ1v) is 20.3. The van der Waals surface area contributed by atoms with Gasteiger partial charge in [-0.05, 0) is 61.9 Å². The molecule has 52 heavy (non-hydrogen) atoms. The Balaban J connectivity index is 1.69. The maximum atomic E-state index is 14.4. The lowest BCUT2D eigenvalue weighted by Gasteiger charge is -2.37. The summed E-state index contributed by atoms with van der Waals surface area (Å²) in [7, 11) is -3.84. The van der Waals surface area contributed by atoms with Crippen molar-refractivity contribution in [1.29, 1.82) is 0 Å². The van der Waals surface area contributed by atoms with Crippen LogP contribution >= 0.6 is 11.8 Å². The predicted molar refractivity (Wildman–Crippen MR) is 201 cm³/mol. The van der Waals surface area contributed by atoms with Gasteiger partial charge in [0.2, 0.25) is 5.91 Å². The number of carbonyl (C=O) groups is 3. The number of aromatic hydroxyl groups is 1. The number of carboxylic acids is 1. The third-order valence-corrected chi connectivity index (χ3v) is 12.0. The van der Waals surface area contributed by atoms with Crippen LogP contribution in [-0.2, 0) is 24.2 Å². The topological polar surface area (TPSA) is 183 Å². The molecule has 14 heteroatoms. The second kappa shape index (κ2) is 18.0. The van der Waals surface area contributed by atoms with Crippen LogP contribution in [0, 0.1) is 5.41 Å². The van der Waals surface area contributed by atoms with Gasteiger partial charge in [-0.25, -0.2) is 13.2 Å². The maximum absolute atomic E-state index is 14.4. The molecule has 3 aromatic carbocycles. The Morgan fingerprint density at radius 2 is 1.62 bits per heavy atom. The van der Waals surface area contributed by atoms with E-state index in [-0.39, 0.29) is 27.7 Å². The third kappa shape index (κ3) is 9.98. The molecule has 1 unspecified atom stereocenters. The van der Waals surface area contributed by atoms with E-state index < -0.39 is 57.8 Å². The van der Waals surface area contributed by atoms with Gasteiger partial charge in [0.15, 0.2) is 22.5 Å². The van der Waals surface area contributed by atoms with Gasteiger partial charge < -0.3 is 35.6 Å². The first-order valence-electron chi connectivity index (χ1n) is 17.4. The molecule has 0 bridgehead atoms. The van der Waals surface area contributed by atoms with Crippen molar-refractivity contribution in [1.82, 2.24) is 10.6 Å². The number of nitrogens with zero attached hydrogens (tertiary/aromatic N) is 1. The average Bonchev–Trinajstić information content (AvgIpc) is 3.21. The molecule has 5 N–H and O–H groups in total. The number of ether oxygens (including phenoxy) is 1. The summed E-state index contributed by atoms with van der Waals surface area (Å²) in [6.07, 6.45) is 5.60. The van der Waals surface area contributed by atoms with E-state index in [1.54, 1.807) is 6.07 Å². The Bertz CT molecular complexity index is 1790. The van der Waals surface area contributed by atoms with Crippen LogP contribution in [0.25, 0.3) is 0 Å². The number of aliphatic hydroxyl groups is 1. The molecule has 0 fully saturated rings. The van der Waals surface area contributed by atoms with Crippen molar-refractivity contribution < 1.29 is 42.9 Å². The summed E-state index contributed by atoms with van der Waals surface area (Å²) in [6.45, 7) is 5.34. The van der Waals surface area contributed by atoms with Crippen LogP contribution < -0.4 is 20.3 Å². The van der Waals surface area contributed by atoms with Gasteiger partial charge in [-0.2, -0.15) is 0 Å². The minimum Gasteiger partial charge on any atom is -0.508 e. The molecular weight excluding hydrogens is 707 g/mol. The van der Waals surface area contributed by atoms with Crippen molar-refractivity contribution in [3.05, 3.63) is 72.3 Å². The number of thioether (sulfide) groups is 1. The fourth-order valence-corrected chi connectivity index (χ4v) is 9.18. The van der Waals surface area contributed by atoms with Gasteiger partial charge in [0.1, 0.15) is 17.5 Å². The number of sulfone groups is 1. The standard InChI is InChI=1S/C38H49N3O9S2/c1-5-7-18-38(19-8-6-2)23-41(27-12-10-9-11-13-27)29-20-31(51-4)30(21-32(29)52(48,49)24-38)50-22-33(44)39-35(26-14-16-28(43)17-15-26)36(45)40-34(25(3)42)37(46)47/h9-17,20-21,25,34-35,42-43H,5-8,18-19,22-24H2,1-4H3,(H,39,44)(H,40,45)(H,46,47)/t25-,34+,35?/m0/s1. The second-order valence-corrected chi connectivity index (χ2v) is 16.1. The van der Waals surface area contributed by atoms with Gasteiger partial charge in [0.05, 0.1) is 27.3 Å². The van der Waals surface area contributed by atoms with E-state index in [2.05, 4.69) is 29.4 Å². The van der Waals surface area contributed by atoms with Crippen molar-refractivity contribution in [2.45, 2.75) is 87.3 Å². The molecule has 1 aliphatic heterocycles. The molecule has 0 radical (unpaired) electrons. The van der Waals surface area contributed by atoms with Crippen LogP contribution in [0.1, 0.15) is 70.9 Å². The van der Waals surface area contributed by atoms with Crippen molar-refractivity contribution >= 4 is 50.8 Å². The zero-order chi connectivity index (χ0) is 38.1. The van der Waals surface area contributed by atoms with Crippen LogP contribution in [0.3, 0.4) is 0 Å². The van der Waals surface area contributed by atoms with Crippen LogP contribution in [0.15, 0.2) is 76.5 Å². The highest BCUT2D eigenvalue weighted by molar-refractivity contribution is 7.98. The zero-order valence-corrected chi connectivity index (χ0v) is 31.6. The number of carboxylic acid groups (broad SMARTS) is 1. The summed E-state index contributed by atoms with van der Waals surface area (Å²) in [5, 5.41) is 33.9. The van der Waals surface area contributed by atoms with Crippen molar-refractivity contribution in [3.8, 4) is 11.5 Å². The highest BCUT2D eigenvalue weighted by atomic mass is 32.2. The predicted octanol–water partition coefficient (Wildman–Crippen LogP) is 5.59. The molecule has 3 atom stereocenters. The lowest BCUT2D eigenvalue weighted by Crippen LogP contribution is -2.52. The van der Waals surface area contributed by atoms with Crippen LogP contribution in [0.5, 0.6) is 11.5 Å². The van der Waals surface area contributed by atoms with E-state index in [4.69, 9.17) is 4.74 Å². The van der Waals surface area contributed by atoms with E-state index in [0.29, 0.717) is 17.1 Å². The van der Waals surface area contributed by atoms with E-state index in [1.807, 2.05) is 36.6 Å². The largest absolute Gasteiger partial charge is 0.508 e. The number of hydrogen-bond donors (Lipinski definition) is 5. The lowest BCUT2D eigenvalue weighted by atomic mass is 9.79. The Hall–Kier alpha value is -4.27. The molecule has 0 spiro atoms. The molecule has 1 aliphatic rings. The van der Waals surface area contributed by atoms with Gasteiger partial charge in [0, 0.05) is 23.7 Å². The minimum absolute atomic E-state index is 0.0257. The highest BCUT2D eigenvalue weighted by Crippen LogP contribution is 2.47. The average molecular weight is 756 g/mol. The van der Waals surface area contributed by atoms with Crippen molar-refractivity contribution in [3.63, 3.8) is 0 Å². The first-order chi connectivity index (χ1) is 24.7. The van der Waals surface area contributed by atoms with E-state index in [0.717, 1.165) is 44.2 Å². The molecule has 0 aromatic heterocycles. The second-order valence-electron chi connectivity index (χ2n) is 13.3. The number of phenols is 1. The number of phenolic OH excluding ortho intramolecular Hbond substituents is 1. The maximum Gasteiger partial charge on any atom is 0.328 e. The molecule has 3 aromatic rings. The number of aliphatic hydroxyl groups excluding tert-OH is 1. The van der Waals surface area contributed by atoms with Crippen molar-refractivity contribution in [2.24, 2.45) is 5.41 Å². The number of unbranched alkanes of at least 4 members (excludes halogenated alkanes) is 2. The van der Waals surface area contributed by atoms with Gasteiger partial charge in [0.25, 0.3) is 5.91 Å². The van der Waals surface area contributed by atoms with Gasteiger partial charge in [-0.3, -0.25) is 9.59 Å². The smallest absolute Gasteiger partial charge is 0.328 e. The van der Waals surface area contributed by atoms with Gasteiger partial charge in [-0.1, -0.05) is 69.9 Å². The number of fused-ring (bicyclic) bond motifs is 1. The Morgan fingerprint density at radius 3 is 2.17 bits per heavy atom. The van der Waals surface area contributed by atoms with Crippen LogP contribution in [-0.4, -0.2) is 78.8 Å². The first kappa shape index (κ1) is 40.5. The molecule has 0 saturated carbocycles. The number of para-hydroxylation sites is 1. The number of anilines is 2. The van der Waals surface area contributed by atoms with Crippen molar-refractivity contribution in [2.75, 3.05) is 30.1 Å². The summed E-state index contributed by atoms with van der Waals surface area (Å²) in [4.78, 5) is 41.1. The number of rotatable bonds is 17. The molecular formula is C38H49N3O9S2. The minimum atomic E-state index is -3.84. The van der Waals surface area contributed by atoms with E-state index in [9.17, 15) is 38.1 Å². The van der Waals surface area contributed by atoms with E-state index in [1.165, 1.54) is 49.0 Å². The Kier molecular flexibility index (Phi) is 14.0. The Labute approximate surface area is 309 Å². The molecule has 0 aliphatic carbocycles. The fraction of sp³-hybridized carbons (Fsp3) is 0.447. The third-order valence-electron chi connectivity index (χ3n) is 9.25. The van der Waals surface area contributed by atoms with Crippen LogP contribution in [0.4, 0.5) is 11.4 Å². The number of carbonyl (C=O) groups excluding carboxylic acids is 2. The summed E-state index contributed by atoms with van der Waals surface area (Å²) in [5.74, 6) is -3.08. The summed E-state index contributed by atoms with van der Waals surface area (Å²) < 4.78 is 34.8. The number of hydrogen-bond acceptors (Lipinski definition) is 10. The summed E-state index contributed by atoms with van der Waals surface area (Å²) >= 11 is 1.34.